The van der Waals surface area contributed by atoms with Gasteiger partial charge < -0.3 is 4.90 Å². The Hall–Kier alpha value is -0.190. The number of benzene rings is 1. The van der Waals surface area contributed by atoms with Crippen molar-refractivity contribution in [1.82, 2.24) is 4.90 Å². The molecule has 0 aliphatic carbocycles. The first-order chi connectivity index (χ1) is 8.39. The molecule has 2 nitrogen and oxygen atoms in total. The van der Waals surface area contributed by atoms with Crippen LogP contribution in [0.2, 0.25) is 5.02 Å². The van der Waals surface area contributed by atoms with Crippen LogP contribution in [0.5, 0.6) is 0 Å². The van der Waals surface area contributed by atoms with Crippen molar-refractivity contribution >= 4 is 45.2 Å². The molecule has 1 saturated heterocycles. The highest BCUT2D eigenvalue weighted by Crippen LogP contribution is 2.31. The maximum Gasteiger partial charge on any atom is 0.255 e. The first-order valence-electron chi connectivity index (χ1n) is 5.77. The summed E-state index contributed by atoms with van der Waals surface area (Å²) in [7, 11) is 0. The van der Waals surface area contributed by atoms with Crippen LogP contribution >= 0.6 is 39.3 Å². The Bertz CT molecular complexity index is 478. The minimum atomic E-state index is 0.0535. The molecule has 1 aliphatic heterocycles. The average molecular weight is 349 g/mol. The van der Waals surface area contributed by atoms with Gasteiger partial charge in [0.05, 0.1) is 5.56 Å². The third-order valence-electron chi connectivity index (χ3n) is 2.87. The van der Waals surface area contributed by atoms with Crippen LogP contribution in [-0.4, -0.2) is 34.4 Å². The van der Waals surface area contributed by atoms with Gasteiger partial charge in [-0.3, -0.25) is 4.79 Å². The van der Waals surface area contributed by atoms with Crippen LogP contribution in [0.25, 0.3) is 0 Å². The summed E-state index contributed by atoms with van der Waals surface area (Å²) in [5.41, 5.74) is 0.644. The second kappa shape index (κ2) is 5.43. The maximum absolute atomic E-state index is 12.5. The van der Waals surface area contributed by atoms with Crippen molar-refractivity contribution in [1.29, 1.82) is 0 Å². The number of nitrogens with zero attached hydrogens (tertiary/aromatic N) is 1. The third-order valence-corrected chi connectivity index (χ3v) is 5.10. The van der Waals surface area contributed by atoms with Crippen LogP contribution in [0.4, 0.5) is 0 Å². The molecule has 1 amide bonds. The van der Waals surface area contributed by atoms with E-state index in [2.05, 4.69) is 29.8 Å². The first kappa shape index (κ1) is 14.2. The topological polar surface area (TPSA) is 20.3 Å². The fraction of sp³-hybridized carbons (Fsp3) is 0.462. The molecule has 18 heavy (non-hydrogen) atoms. The fourth-order valence-electron chi connectivity index (χ4n) is 2.02. The van der Waals surface area contributed by atoms with Crippen LogP contribution in [0.15, 0.2) is 22.7 Å². The summed E-state index contributed by atoms with van der Waals surface area (Å²) in [6.07, 6.45) is 0. The number of hydrogen-bond donors (Lipinski definition) is 0. The van der Waals surface area contributed by atoms with Gasteiger partial charge in [0.1, 0.15) is 0 Å². The molecule has 1 aliphatic rings. The predicted molar refractivity (Wildman–Crippen MR) is 81.6 cm³/mol. The zero-order chi connectivity index (χ0) is 13.3. The van der Waals surface area contributed by atoms with Gasteiger partial charge in [-0.2, -0.15) is 11.8 Å². The van der Waals surface area contributed by atoms with Crippen LogP contribution in [0.3, 0.4) is 0 Å². The molecule has 1 aromatic carbocycles. The molecule has 98 valence electrons. The van der Waals surface area contributed by atoms with E-state index in [4.69, 9.17) is 11.6 Å². The molecule has 5 heteroatoms. The normalized spacial score (nSPS) is 18.8. The van der Waals surface area contributed by atoms with E-state index in [1.165, 1.54) is 0 Å². The molecular weight excluding hydrogens is 334 g/mol. The molecule has 1 fully saturated rings. The van der Waals surface area contributed by atoms with E-state index in [1.807, 2.05) is 22.7 Å². The number of halogens is 2. The van der Waals surface area contributed by atoms with Gasteiger partial charge in [-0.1, -0.05) is 11.6 Å². The van der Waals surface area contributed by atoms with Crippen LogP contribution in [0, 0.1) is 0 Å². The van der Waals surface area contributed by atoms with E-state index in [9.17, 15) is 4.79 Å². The largest absolute Gasteiger partial charge is 0.336 e. The van der Waals surface area contributed by atoms with Crippen molar-refractivity contribution in [3.05, 3.63) is 33.3 Å². The van der Waals surface area contributed by atoms with Gasteiger partial charge in [0, 0.05) is 33.1 Å². The molecule has 0 N–H and O–H groups in total. The lowest BCUT2D eigenvalue weighted by Crippen LogP contribution is -2.46. The van der Waals surface area contributed by atoms with Gasteiger partial charge in [-0.05, 0) is 48.0 Å². The Kier molecular flexibility index (Phi) is 4.29. The number of hydrogen-bond acceptors (Lipinski definition) is 2. The lowest BCUT2D eigenvalue weighted by Gasteiger charge is -2.37. The second-order valence-electron chi connectivity index (χ2n) is 4.96. The third kappa shape index (κ3) is 3.22. The smallest absolute Gasteiger partial charge is 0.255 e. The summed E-state index contributed by atoms with van der Waals surface area (Å²) in [6.45, 7) is 5.91. The van der Waals surface area contributed by atoms with Gasteiger partial charge in [0.2, 0.25) is 0 Å². The quantitative estimate of drug-likeness (QED) is 0.762. The second-order valence-corrected chi connectivity index (χ2v) is 8.05. The number of rotatable bonds is 1. The van der Waals surface area contributed by atoms with E-state index in [0.717, 1.165) is 23.3 Å². The van der Waals surface area contributed by atoms with Crippen molar-refractivity contribution in [2.24, 2.45) is 0 Å². The number of carbonyl (C=O) groups is 1. The summed E-state index contributed by atoms with van der Waals surface area (Å²) in [5, 5.41) is 0.590. The van der Waals surface area contributed by atoms with Crippen molar-refractivity contribution in [3.63, 3.8) is 0 Å². The van der Waals surface area contributed by atoms with Crippen LogP contribution in [0.1, 0.15) is 24.2 Å². The van der Waals surface area contributed by atoms with Crippen LogP contribution < -0.4 is 0 Å². The lowest BCUT2D eigenvalue weighted by molar-refractivity contribution is 0.0747. The van der Waals surface area contributed by atoms with Gasteiger partial charge in [0.25, 0.3) is 5.91 Å². The SMILES string of the molecule is CC1(C)CN(C(=O)c2cc(Cl)ccc2Br)CCS1. The number of amides is 1. The van der Waals surface area contributed by atoms with E-state index in [0.29, 0.717) is 10.6 Å². The van der Waals surface area contributed by atoms with Gasteiger partial charge in [-0.15, -0.1) is 0 Å². The van der Waals surface area contributed by atoms with Crippen LogP contribution in [-0.2, 0) is 0 Å². The Morgan fingerprint density at radius 2 is 2.22 bits per heavy atom. The van der Waals surface area contributed by atoms with E-state index < -0.39 is 0 Å². The fourth-order valence-corrected chi connectivity index (χ4v) is 3.72. The molecule has 0 radical (unpaired) electrons. The zero-order valence-corrected chi connectivity index (χ0v) is 13.5. The molecule has 0 bridgehead atoms. The Labute approximate surface area is 125 Å². The first-order valence-corrected chi connectivity index (χ1v) is 7.93. The summed E-state index contributed by atoms with van der Waals surface area (Å²) in [5.74, 6) is 1.04. The lowest BCUT2D eigenvalue weighted by atomic mass is 10.1. The minimum absolute atomic E-state index is 0.0535. The molecular formula is C13H15BrClNOS. The highest BCUT2D eigenvalue weighted by atomic mass is 79.9. The summed E-state index contributed by atoms with van der Waals surface area (Å²) in [4.78, 5) is 14.4. The maximum atomic E-state index is 12.5. The molecule has 0 aromatic heterocycles. The standard InChI is InChI=1S/C13H15BrClNOS/c1-13(2)8-16(5-6-18-13)12(17)10-7-9(15)3-4-11(10)14/h3-4,7H,5-6,8H2,1-2H3. The predicted octanol–water partition coefficient (Wildman–Crippen LogP) is 4.07. The molecule has 1 heterocycles. The van der Waals surface area contributed by atoms with Gasteiger partial charge in [0.15, 0.2) is 0 Å². The van der Waals surface area contributed by atoms with E-state index in [1.54, 1.807) is 12.1 Å². The zero-order valence-electron chi connectivity index (χ0n) is 10.4. The monoisotopic (exact) mass is 347 g/mol. The summed E-state index contributed by atoms with van der Waals surface area (Å²) >= 11 is 11.3. The van der Waals surface area contributed by atoms with E-state index >= 15 is 0 Å². The van der Waals surface area contributed by atoms with Crippen molar-refractivity contribution in [2.75, 3.05) is 18.8 Å². The highest BCUT2D eigenvalue weighted by Gasteiger charge is 2.30. The number of thioether (sulfide) groups is 1. The minimum Gasteiger partial charge on any atom is -0.336 e. The molecule has 1 aromatic rings. The molecule has 0 unspecified atom stereocenters. The van der Waals surface area contributed by atoms with Gasteiger partial charge in [-0.25, -0.2) is 0 Å². The highest BCUT2D eigenvalue weighted by molar-refractivity contribution is 9.10. The van der Waals surface area contributed by atoms with Crippen molar-refractivity contribution < 1.29 is 4.79 Å². The van der Waals surface area contributed by atoms with Crippen molar-refractivity contribution in [2.45, 2.75) is 18.6 Å². The molecule has 0 atom stereocenters. The Balaban J connectivity index is 2.23. The van der Waals surface area contributed by atoms with E-state index in [-0.39, 0.29) is 10.7 Å². The Morgan fingerprint density at radius 3 is 2.89 bits per heavy atom. The van der Waals surface area contributed by atoms with Gasteiger partial charge >= 0.3 is 0 Å². The number of carbonyl (C=O) groups excluding carboxylic acids is 1. The molecule has 0 saturated carbocycles. The summed E-state index contributed by atoms with van der Waals surface area (Å²) in [6, 6.07) is 5.32. The molecule has 0 spiro atoms. The summed E-state index contributed by atoms with van der Waals surface area (Å²) < 4.78 is 0.923. The Morgan fingerprint density at radius 1 is 1.50 bits per heavy atom. The van der Waals surface area contributed by atoms with Crippen molar-refractivity contribution in [3.8, 4) is 0 Å². The average Bonchev–Trinajstić information content (AvgIpc) is 2.30. The molecule has 2 rings (SSSR count).